The van der Waals surface area contributed by atoms with Crippen LogP contribution in [0, 0.1) is 29.1 Å². The number of aromatic nitrogens is 1. The van der Waals surface area contributed by atoms with Crippen molar-refractivity contribution in [2.45, 2.75) is 71.5 Å². The lowest BCUT2D eigenvalue weighted by Gasteiger charge is -2.34. The molecule has 1 saturated carbocycles. The summed E-state index contributed by atoms with van der Waals surface area (Å²) >= 11 is 0. The Morgan fingerprint density at radius 1 is 1.21 bits per heavy atom. The number of nitrogens with zero attached hydrogens (tertiary/aromatic N) is 1. The van der Waals surface area contributed by atoms with Crippen molar-refractivity contribution >= 4 is 40.8 Å². The van der Waals surface area contributed by atoms with Gasteiger partial charge in [-0.3, -0.25) is 19.2 Å². The highest BCUT2D eigenvalue weighted by Crippen LogP contribution is 2.65. The minimum Gasteiger partial charge on any atom is -0.496 e. The number of benzene rings is 1. The van der Waals surface area contributed by atoms with Gasteiger partial charge in [-0.2, -0.15) is 0 Å². The van der Waals surface area contributed by atoms with E-state index in [1.165, 1.54) is 0 Å². The molecule has 232 valence electrons. The third-order valence-corrected chi connectivity index (χ3v) is 9.59. The molecular weight excluding hydrogens is 550 g/mol. The van der Waals surface area contributed by atoms with Gasteiger partial charge in [-0.05, 0) is 67.1 Å². The molecule has 1 aromatic heterocycles. The Balaban J connectivity index is 1.33. The molecule has 3 fully saturated rings. The van der Waals surface area contributed by atoms with Crippen LogP contribution in [0.1, 0.15) is 63.9 Å². The van der Waals surface area contributed by atoms with Crippen molar-refractivity contribution in [3.63, 3.8) is 0 Å². The second kappa shape index (κ2) is 12.0. The number of nitrogens with one attached hydrogen (secondary N) is 4. The van der Waals surface area contributed by atoms with E-state index in [4.69, 9.17) is 4.74 Å². The molecule has 2 aliphatic heterocycles. The number of piperidine rings is 2. The molecule has 5 rings (SSSR count). The lowest BCUT2D eigenvalue weighted by Crippen LogP contribution is -2.57. The van der Waals surface area contributed by atoms with Gasteiger partial charge in [-0.15, -0.1) is 0 Å². The molecule has 11 heteroatoms. The average Bonchev–Trinajstić information content (AvgIpc) is 3.35. The second-order valence-electron chi connectivity index (χ2n) is 13.3. The van der Waals surface area contributed by atoms with E-state index in [0.29, 0.717) is 43.7 Å². The molecule has 3 heterocycles. The number of H-pyrrole nitrogens is 1. The lowest BCUT2D eigenvalue weighted by molar-refractivity contribution is -0.142. The number of methoxy groups -OCH3 is 1. The van der Waals surface area contributed by atoms with Crippen LogP contribution >= 0.6 is 0 Å². The molecule has 0 spiro atoms. The Labute approximate surface area is 251 Å². The van der Waals surface area contributed by atoms with E-state index in [-0.39, 0.29) is 47.3 Å². The van der Waals surface area contributed by atoms with Gasteiger partial charge in [0.15, 0.2) is 0 Å². The van der Waals surface area contributed by atoms with Gasteiger partial charge < -0.3 is 35.4 Å². The van der Waals surface area contributed by atoms with Crippen molar-refractivity contribution < 1.29 is 28.7 Å². The van der Waals surface area contributed by atoms with Crippen LogP contribution in [-0.2, 0) is 19.2 Å². The topological polar surface area (TPSA) is 150 Å². The number of likely N-dealkylation sites (tertiary alicyclic amines) is 1. The maximum absolute atomic E-state index is 14.1. The van der Waals surface area contributed by atoms with Crippen LogP contribution < -0.4 is 20.7 Å². The van der Waals surface area contributed by atoms with Gasteiger partial charge in [0.1, 0.15) is 29.8 Å². The molecule has 11 nitrogen and oxygen atoms in total. The molecule has 0 bridgehead atoms. The van der Waals surface area contributed by atoms with Crippen molar-refractivity contribution in [3.05, 3.63) is 30.0 Å². The number of fused-ring (bicyclic) bond motifs is 2. The minimum atomic E-state index is -0.843. The molecule has 6 atom stereocenters. The van der Waals surface area contributed by atoms with Crippen molar-refractivity contribution in [1.82, 2.24) is 25.8 Å². The van der Waals surface area contributed by atoms with Gasteiger partial charge in [0, 0.05) is 29.9 Å². The van der Waals surface area contributed by atoms with Crippen molar-refractivity contribution in [1.29, 1.82) is 0 Å². The monoisotopic (exact) mass is 593 g/mol. The SMILES string of the molecule is COc1cccc2[nH]c(C(=O)N[C@@H](CC(C)C)C(=O)N3C[C@H]4[C@@H]([C@H]3C(=O)N[C@H](C=O)C[C@@H]3CCCNC3=O)C4(C)C)cc12. The highest BCUT2D eigenvalue weighted by atomic mass is 16.5. The first kappa shape index (κ1) is 30.6. The summed E-state index contributed by atoms with van der Waals surface area (Å²) in [5, 5.41) is 9.35. The molecule has 1 aliphatic carbocycles. The quantitative estimate of drug-likeness (QED) is 0.294. The maximum Gasteiger partial charge on any atom is 0.268 e. The molecule has 4 N–H and O–H groups in total. The van der Waals surface area contributed by atoms with Crippen LogP contribution in [0.4, 0.5) is 0 Å². The first-order valence-electron chi connectivity index (χ1n) is 15.3. The van der Waals surface area contributed by atoms with Crippen molar-refractivity contribution in [2.24, 2.45) is 29.1 Å². The second-order valence-corrected chi connectivity index (χ2v) is 13.3. The van der Waals surface area contributed by atoms with Crippen LogP contribution in [0.3, 0.4) is 0 Å². The summed E-state index contributed by atoms with van der Waals surface area (Å²) in [6, 6.07) is 4.76. The minimum absolute atomic E-state index is 0.0571. The summed E-state index contributed by atoms with van der Waals surface area (Å²) < 4.78 is 5.42. The molecule has 2 aromatic rings. The van der Waals surface area contributed by atoms with Gasteiger partial charge in [0.25, 0.3) is 5.91 Å². The molecule has 2 saturated heterocycles. The normalized spacial score (nSPS) is 25.4. The Morgan fingerprint density at radius 2 is 1.98 bits per heavy atom. The predicted octanol–water partition coefficient (Wildman–Crippen LogP) is 2.40. The van der Waals surface area contributed by atoms with Crippen molar-refractivity contribution in [2.75, 3.05) is 20.2 Å². The average molecular weight is 594 g/mol. The number of amides is 4. The molecule has 43 heavy (non-hydrogen) atoms. The number of carbonyl (C=O) groups is 5. The number of aromatic amines is 1. The third-order valence-electron chi connectivity index (χ3n) is 9.59. The van der Waals surface area contributed by atoms with Gasteiger partial charge in [0.05, 0.1) is 13.2 Å². The Morgan fingerprint density at radius 3 is 2.65 bits per heavy atom. The van der Waals surface area contributed by atoms with E-state index >= 15 is 0 Å². The zero-order valence-corrected chi connectivity index (χ0v) is 25.6. The summed E-state index contributed by atoms with van der Waals surface area (Å²) in [4.78, 5) is 70.2. The number of hydrogen-bond donors (Lipinski definition) is 4. The number of carbonyl (C=O) groups excluding carboxylic acids is 5. The lowest BCUT2D eigenvalue weighted by atomic mass is 9.91. The molecule has 0 unspecified atom stereocenters. The standard InChI is InChI=1S/C32H43N5O6/c1-17(2)12-24(36-29(40)23-14-20-22(35-23)9-6-10-25(20)43-5)31(42)37-15-21-26(32(21,3)4)27(37)30(41)34-19(16-38)13-18-8-7-11-33-28(18)39/h6,9-10,14,16-19,21,24,26-27,35H,7-8,11-13,15H2,1-5H3,(H,33,39)(H,34,41)(H,36,40)/t18-,19-,21-,24-,26-,27-/m0/s1. The Hall–Kier alpha value is -3.89. The Kier molecular flexibility index (Phi) is 8.54. The number of aldehydes is 1. The fourth-order valence-electron chi connectivity index (χ4n) is 7.15. The molecule has 0 radical (unpaired) electrons. The van der Waals surface area contributed by atoms with Gasteiger partial charge in [0.2, 0.25) is 17.7 Å². The zero-order chi connectivity index (χ0) is 31.1. The van der Waals surface area contributed by atoms with Gasteiger partial charge in [-0.1, -0.05) is 33.8 Å². The number of ether oxygens (including phenoxy) is 1. The first-order valence-corrected chi connectivity index (χ1v) is 15.3. The van der Waals surface area contributed by atoms with Gasteiger partial charge >= 0.3 is 0 Å². The molecule has 4 amide bonds. The fourth-order valence-corrected chi connectivity index (χ4v) is 7.15. The summed E-state index contributed by atoms with van der Waals surface area (Å²) in [5.41, 5.74) is 0.922. The summed E-state index contributed by atoms with van der Waals surface area (Å²) in [6.45, 7) is 9.15. The van der Waals surface area contributed by atoms with E-state index in [0.717, 1.165) is 17.3 Å². The van der Waals surface area contributed by atoms with Crippen LogP contribution in [0.25, 0.3) is 10.9 Å². The third kappa shape index (κ3) is 5.99. The van der Waals surface area contributed by atoms with Crippen molar-refractivity contribution in [3.8, 4) is 5.75 Å². The maximum atomic E-state index is 14.1. The van der Waals surface area contributed by atoms with E-state index in [1.807, 2.05) is 32.0 Å². The number of hydrogen-bond acceptors (Lipinski definition) is 6. The highest BCUT2D eigenvalue weighted by Gasteiger charge is 2.69. The van der Waals surface area contributed by atoms with Crippen LogP contribution in [-0.4, -0.2) is 78.1 Å². The van der Waals surface area contributed by atoms with Crippen LogP contribution in [0.2, 0.25) is 0 Å². The predicted molar refractivity (Wildman–Crippen MR) is 160 cm³/mol. The van der Waals surface area contributed by atoms with Crippen LogP contribution in [0.15, 0.2) is 24.3 Å². The van der Waals surface area contributed by atoms with Crippen LogP contribution in [0.5, 0.6) is 5.75 Å². The van der Waals surface area contributed by atoms with E-state index < -0.39 is 29.9 Å². The van der Waals surface area contributed by atoms with E-state index in [1.54, 1.807) is 18.1 Å². The molecule has 1 aromatic carbocycles. The van der Waals surface area contributed by atoms with E-state index in [9.17, 15) is 24.0 Å². The Bertz CT molecular complexity index is 1420. The van der Waals surface area contributed by atoms with Gasteiger partial charge in [-0.25, -0.2) is 0 Å². The highest BCUT2D eigenvalue weighted by molar-refractivity contribution is 6.02. The largest absolute Gasteiger partial charge is 0.496 e. The number of rotatable bonds is 11. The molecular formula is C32H43N5O6. The summed E-state index contributed by atoms with van der Waals surface area (Å²) in [6.07, 6.45) is 2.78. The smallest absolute Gasteiger partial charge is 0.268 e. The molecule has 3 aliphatic rings. The summed E-state index contributed by atoms with van der Waals surface area (Å²) in [5.74, 6) is -0.756. The fraction of sp³-hybridized carbons (Fsp3) is 0.594. The zero-order valence-electron chi connectivity index (χ0n) is 25.6. The van der Waals surface area contributed by atoms with E-state index in [2.05, 4.69) is 34.8 Å². The first-order chi connectivity index (χ1) is 20.5. The summed E-state index contributed by atoms with van der Waals surface area (Å²) in [7, 11) is 1.57.